The summed E-state index contributed by atoms with van der Waals surface area (Å²) in [5, 5.41) is 0. The highest BCUT2D eigenvalue weighted by molar-refractivity contribution is 5.75. The molecule has 0 aromatic carbocycles. The third kappa shape index (κ3) is 6.16. The Kier molecular flexibility index (Phi) is 6.76. The molecule has 0 spiro atoms. The maximum absolute atomic E-state index is 10.6. The molecular formula is C9H19N2O. The van der Waals surface area contributed by atoms with Crippen LogP contribution in [-0.4, -0.2) is 30.4 Å². The van der Waals surface area contributed by atoms with Crippen molar-refractivity contribution in [3.63, 3.8) is 0 Å². The molecule has 0 fully saturated rings. The second-order valence-corrected chi connectivity index (χ2v) is 2.89. The first kappa shape index (κ1) is 11.4. The number of amides is 1. The summed E-state index contributed by atoms with van der Waals surface area (Å²) in [6.45, 7) is 6.33. The monoisotopic (exact) mass is 171 g/mol. The first-order valence-electron chi connectivity index (χ1n) is 4.49. The number of primary amides is 1. The number of unbranched alkanes of at least 4 members (excludes halogenated alkanes) is 2. The molecular weight excluding hydrogens is 152 g/mol. The van der Waals surface area contributed by atoms with Crippen LogP contribution < -0.4 is 5.73 Å². The zero-order valence-electron chi connectivity index (χ0n) is 8.05. The highest BCUT2D eigenvalue weighted by atomic mass is 16.1. The SMILES string of the molecule is C[CH]CCCN(CC)CC(N)=O. The average Bonchev–Trinajstić information content (AvgIpc) is 2.02. The molecule has 3 nitrogen and oxygen atoms in total. The fourth-order valence-corrected chi connectivity index (χ4v) is 1.09. The van der Waals surface area contributed by atoms with Crippen LogP contribution in [0.15, 0.2) is 0 Å². The van der Waals surface area contributed by atoms with E-state index < -0.39 is 0 Å². The number of carbonyl (C=O) groups excluding carboxylic acids is 1. The largest absolute Gasteiger partial charge is 0.369 e. The van der Waals surface area contributed by atoms with E-state index in [1.165, 1.54) is 0 Å². The highest BCUT2D eigenvalue weighted by Gasteiger charge is 2.04. The standard InChI is InChI=1S/C9H19N2O/c1-3-5-6-7-11(4-2)8-9(10)12/h3H,4-8H2,1-2H3,(H2,10,12). The van der Waals surface area contributed by atoms with Crippen LogP contribution in [0.1, 0.15) is 26.7 Å². The van der Waals surface area contributed by atoms with E-state index in [1.807, 2.05) is 13.8 Å². The molecule has 0 aromatic rings. The van der Waals surface area contributed by atoms with E-state index in [0.29, 0.717) is 6.54 Å². The van der Waals surface area contributed by atoms with Crippen molar-refractivity contribution in [3.8, 4) is 0 Å². The summed E-state index contributed by atoms with van der Waals surface area (Å²) in [4.78, 5) is 12.6. The zero-order valence-corrected chi connectivity index (χ0v) is 8.05. The van der Waals surface area contributed by atoms with Crippen molar-refractivity contribution >= 4 is 5.91 Å². The number of likely N-dealkylation sites (N-methyl/N-ethyl adjacent to an activating group) is 1. The zero-order chi connectivity index (χ0) is 9.40. The summed E-state index contributed by atoms with van der Waals surface area (Å²) in [5.41, 5.74) is 5.08. The molecule has 0 saturated heterocycles. The predicted molar refractivity (Wildman–Crippen MR) is 50.5 cm³/mol. The van der Waals surface area contributed by atoms with E-state index in [2.05, 4.69) is 11.3 Å². The van der Waals surface area contributed by atoms with Crippen LogP contribution in [0.3, 0.4) is 0 Å². The predicted octanol–water partition coefficient (Wildman–Crippen LogP) is 0.798. The number of carbonyl (C=O) groups is 1. The molecule has 3 heteroatoms. The van der Waals surface area contributed by atoms with Gasteiger partial charge in [0, 0.05) is 0 Å². The molecule has 0 saturated carbocycles. The Morgan fingerprint density at radius 2 is 2.25 bits per heavy atom. The van der Waals surface area contributed by atoms with Crippen molar-refractivity contribution < 1.29 is 4.79 Å². The minimum atomic E-state index is -0.239. The van der Waals surface area contributed by atoms with Gasteiger partial charge in [-0.3, -0.25) is 9.69 Å². The normalized spacial score (nSPS) is 10.6. The van der Waals surface area contributed by atoms with Gasteiger partial charge in [0.15, 0.2) is 0 Å². The molecule has 2 N–H and O–H groups in total. The molecule has 0 heterocycles. The summed E-state index contributed by atoms with van der Waals surface area (Å²) >= 11 is 0. The van der Waals surface area contributed by atoms with Crippen LogP contribution in [0.2, 0.25) is 0 Å². The van der Waals surface area contributed by atoms with Crippen LogP contribution in [0.4, 0.5) is 0 Å². The Morgan fingerprint density at radius 3 is 2.67 bits per heavy atom. The van der Waals surface area contributed by atoms with Gasteiger partial charge in [0.1, 0.15) is 0 Å². The van der Waals surface area contributed by atoms with Crippen molar-refractivity contribution in [1.82, 2.24) is 4.90 Å². The maximum Gasteiger partial charge on any atom is 0.231 e. The van der Waals surface area contributed by atoms with Gasteiger partial charge in [-0.15, -0.1) is 0 Å². The molecule has 0 aliphatic rings. The molecule has 0 rings (SSSR count). The lowest BCUT2D eigenvalue weighted by atomic mass is 10.2. The summed E-state index contributed by atoms with van der Waals surface area (Å²) in [5.74, 6) is -0.239. The molecule has 71 valence electrons. The third-order valence-corrected chi connectivity index (χ3v) is 1.79. The van der Waals surface area contributed by atoms with Gasteiger partial charge >= 0.3 is 0 Å². The number of hydrogen-bond acceptors (Lipinski definition) is 2. The molecule has 0 aliphatic carbocycles. The second-order valence-electron chi connectivity index (χ2n) is 2.89. The molecule has 1 radical (unpaired) electrons. The summed E-state index contributed by atoms with van der Waals surface area (Å²) in [6, 6.07) is 0. The van der Waals surface area contributed by atoms with Crippen molar-refractivity contribution in [2.45, 2.75) is 26.7 Å². The molecule has 0 bridgehead atoms. The minimum Gasteiger partial charge on any atom is -0.369 e. The Labute approximate surface area is 74.9 Å². The van der Waals surface area contributed by atoms with Crippen LogP contribution in [-0.2, 0) is 4.79 Å². The Morgan fingerprint density at radius 1 is 1.58 bits per heavy atom. The average molecular weight is 171 g/mol. The smallest absolute Gasteiger partial charge is 0.231 e. The Balaban J connectivity index is 3.46. The lowest BCUT2D eigenvalue weighted by Gasteiger charge is -2.17. The van der Waals surface area contributed by atoms with Crippen molar-refractivity contribution in [2.24, 2.45) is 5.73 Å². The summed E-state index contributed by atoms with van der Waals surface area (Å²) in [7, 11) is 0. The quantitative estimate of drug-likeness (QED) is 0.576. The lowest BCUT2D eigenvalue weighted by Crippen LogP contribution is -2.34. The number of rotatable bonds is 7. The van der Waals surface area contributed by atoms with E-state index in [9.17, 15) is 4.79 Å². The summed E-state index contributed by atoms with van der Waals surface area (Å²) < 4.78 is 0. The van der Waals surface area contributed by atoms with E-state index in [0.717, 1.165) is 25.9 Å². The van der Waals surface area contributed by atoms with Crippen molar-refractivity contribution in [1.29, 1.82) is 0 Å². The van der Waals surface area contributed by atoms with E-state index in [4.69, 9.17) is 5.73 Å². The molecule has 0 aliphatic heterocycles. The van der Waals surface area contributed by atoms with Crippen molar-refractivity contribution in [3.05, 3.63) is 6.42 Å². The molecule has 0 unspecified atom stereocenters. The first-order valence-corrected chi connectivity index (χ1v) is 4.49. The fraction of sp³-hybridized carbons (Fsp3) is 0.778. The van der Waals surface area contributed by atoms with Crippen LogP contribution >= 0.6 is 0 Å². The fourth-order valence-electron chi connectivity index (χ4n) is 1.09. The summed E-state index contributed by atoms with van der Waals surface area (Å²) in [6.07, 6.45) is 4.35. The highest BCUT2D eigenvalue weighted by Crippen LogP contribution is 1.96. The number of nitrogens with zero attached hydrogens (tertiary/aromatic N) is 1. The van der Waals surface area contributed by atoms with Crippen LogP contribution in [0, 0.1) is 6.42 Å². The van der Waals surface area contributed by atoms with Gasteiger partial charge in [0.25, 0.3) is 0 Å². The molecule has 1 amide bonds. The van der Waals surface area contributed by atoms with Gasteiger partial charge < -0.3 is 5.73 Å². The van der Waals surface area contributed by atoms with Gasteiger partial charge in [-0.2, -0.15) is 0 Å². The van der Waals surface area contributed by atoms with Gasteiger partial charge in [-0.25, -0.2) is 0 Å². The number of nitrogens with two attached hydrogens (primary N) is 1. The van der Waals surface area contributed by atoms with E-state index in [-0.39, 0.29) is 5.91 Å². The van der Waals surface area contributed by atoms with Crippen LogP contribution in [0.5, 0.6) is 0 Å². The number of hydrogen-bond donors (Lipinski definition) is 1. The maximum atomic E-state index is 10.6. The van der Waals surface area contributed by atoms with E-state index >= 15 is 0 Å². The van der Waals surface area contributed by atoms with E-state index in [1.54, 1.807) is 0 Å². The van der Waals surface area contributed by atoms with Crippen molar-refractivity contribution in [2.75, 3.05) is 19.6 Å². The molecule has 0 atom stereocenters. The molecule has 12 heavy (non-hydrogen) atoms. The van der Waals surface area contributed by atoms with Crippen LogP contribution in [0.25, 0.3) is 0 Å². The second kappa shape index (κ2) is 7.10. The minimum absolute atomic E-state index is 0.239. The topological polar surface area (TPSA) is 46.3 Å². The third-order valence-electron chi connectivity index (χ3n) is 1.79. The van der Waals surface area contributed by atoms with Gasteiger partial charge in [-0.1, -0.05) is 13.8 Å². The van der Waals surface area contributed by atoms with Gasteiger partial charge in [0.05, 0.1) is 6.54 Å². The lowest BCUT2D eigenvalue weighted by molar-refractivity contribution is -0.119. The van der Waals surface area contributed by atoms with Gasteiger partial charge in [0.2, 0.25) is 5.91 Å². The van der Waals surface area contributed by atoms with Gasteiger partial charge in [-0.05, 0) is 32.4 Å². The molecule has 0 aromatic heterocycles. The Bertz CT molecular complexity index is 126. The first-order chi connectivity index (χ1) is 5.70. The Hall–Kier alpha value is -0.570.